The van der Waals surface area contributed by atoms with E-state index in [1.54, 1.807) is 18.9 Å². The molecule has 2 aromatic heterocycles. The van der Waals surface area contributed by atoms with Gasteiger partial charge in [0.15, 0.2) is 11.5 Å². The molecule has 35 heavy (non-hydrogen) atoms. The van der Waals surface area contributed by atoms with Crippen molar-refractivity contribution in [2.24, 2.45) is 0 Å². The van der Waals surface area contributed by atoms with Crippen LogP contribution in [0.15, 0.2) is 48.7 Å². The van der Waals surface area contributed by atoms with Crippen molar-refractivity contribution in [1.29, 1.82) is 0 Å². The molecule has 0 radical (unpaired) electrons. The molecule has 4 rings (SSSR count). The highest BCUT2D eigenvalue weighted by Gasteiger charge is 2.39. The first kappa shape index (κ1) is 24.5. The Labute approximate surface area is 207 Å². The minimum absolute atomic E-state index is 0.143. The van der Waals surface area contributed by atoms with Gasteiger partial charge >= 0.3 is 6.03 Å². The molecule has 1 aliphatic heterocycles. The smallest absolute Gasteiger partial charge is 0.324 e. The summed E-state index contributed by atoms with van der Waals surface area (Å²) in [6, 6.07) is 11.3. The van der Waals surface area contributed by atoms with Crippen LogP contribution < -0.4 is 15.4 Å². The van der Waals surface area contributed by atoms with Gasteiger partial charge in [-0.15, -0.1) is 10.2 Å². The second-order valence-corrected chi connectivity index (χ2v) is 9.17. The van der Waals surface area contributed by atoms with Crippen molar-refractivity contribution >= 4 is 35.3 Å². The molecule has 2 N–H and O–H groups in total. The van der Waals surface area contributed by atoms with Crippen LogP contribution in [0.5, 0.6) is 5.75 Å². The summed E-state index contributed by atoms with van der Waals surface area (Å²) >= 11 is 1.67. The zero-order valence-electron chi connectivity index (χ0n) is 19.6. The summed E-state index contributed by atoms with van der Waals surface area (Å²) < 4.78 is 6.99. The molecule has 0 bridgehead atoms. The molecular formula is C24H28N6O4S. The van der Waals surface area contributed by atoms with Gasteiger partial charge in [0.1, 0.15) is 11.8 Å². The van der Waals surface area contributed by atoms with E-state index in [1.807, 2.05) is 59.3 Å². The number of hydrogen-bond acceptors (Lipinski definition) is 7. The van der Waals surface area contributed by atoms with Crippen LogP contribution >= 0.6 is 11.8 Å². The van der Waals surface area contributed by atoms with Crippen LogP contribution in [0.25, 0.3) is 5.65 Å². The monoisotopic (exact) mass is 496 g/mol. The Morgan fingerprint density at radius 1 is 1.20 bits per heavy atom. The summed E-state index contributed by atoms with van der Waals surface area (Å²) in [5.74, 6) is 1.45. The number of carbonyl (C=O) groups is 3. The van der Waals surface area contributed by atoms with Gasteiger partial charge in [0.05, 0.1) is 19.6 Å². The number of pyridine rings is 1. The van der Waals surface area contributed by atoms with Crippen LogP contribution in [-0.4, -0.2) is 69.0 Å². The normalized spacial score (nSPS) is 16.4. The number of fused-ring (bicyclic) bond motifs is 1. The van der Waals surface area contributed by atoms with Crippen LogP contribution in [0.2, 0.25) is 0 Å². The van der Waals surface area contributed by atoms with Crippen molar-refractivity contribution in [2.45, 2.75) is 31.3 Å². The standard InChI is InChI=1S/C24H28N6O4S/c1-34-17-8-6-16(7-9-17)10-13-30-23(32)19(26-24(30)33)15-21(31)25-18(11-14-35-2)22-28-27-20-5-3-4-12-29(20)22/h3-9,12,18-19H,10-11,13-15H2,1-2H3,(H,25,31)(H,26,33)/t18-,19+/m0/s1. The predicted octanol–water partition coefficient (Wildman–Crippen LogP) is 2.20. The van der Waals surface area contributed by atoms with Gasteiger partial charge < -0.3 is 15.4 Å². The Kier molecular flexibility index (Phi) is 7.86. The van der Waals surface area contributed by atoms with E-state index in [-0.39, 0.29) is 24.9 Å². The number of benzene rings is 1. The zero-order chi connectivity index (χ0) is 24.8. The number of imide groups is 1. The molecule has 184 valence electrons. The Hall–Kier alpha value is -3.60. The van der Waals surface area contributed by atoms with E-state index >= 15 is 0 Å². The predicted molar refractivity (Wildman–Crippen MR) is 132 cm³/mol. The molecule has 10 nitrogen and oxygen atoms in total. The van der Waals surface area contributed by atoms with Gasteiger partial charge in [-0.3, -0.25) is 18.9 Å². The van der Waals surface area contributed by atoms with Gasteiger partial charge in [-0.25, -0.2) is 4.79 Å². The number of ether oxygens (including phenoxy) is 1. The SMILES string of the molecule is COc1ccc(CCN2C(=O)N[C@H](CC(=O)N[C@@H](CCSC)c3nnc4ccccn34)C2=O)cc1. The molecule has 3 heterocycles. The lowest BCUT2D eigenvalue weighted by atomic mass is 10.1. The average Bonchev–Trinajstić information content (AvgIpc) is 3.41. The van der Waals surface area contributed by atoms with Crippen molar-refractivity contribution in [3.63, 3.8) is 0 Å². The minimum Gasteiger partial charge on any atom is -0.497 e. The second kappa shape index (κ2) is 11.2. The fourth-order valence-corrected chi connectivity index (χ4v) is 4.47. The lowest BCUT2D eigenvalue weighted by molar-refractivity contribution is -0.131. The number of urea groups is 1. The first-order valence-corrected chi connectivity index (χ1v) is 12.7. The van der Waals surface area contributed by atoms with Crippen molar-refractivity contribution in [2.75, 3.05) is 25.7 Å². The van der Waals surface area contributed by atoms with Crippen molar-refractivity contribution in [1.82, 2.24) is 30.1 Å². The third-order valence-electron chi connectivity index (χ3n) is 5.88. The van der Waals surface area contributed by atoms with E-state index in [9.17, 15) is 14.4 Å². The fraction of sp³-hybridized carbons (Fsp3) is 0.375. The first-order valence-electron chi connectivity index (χ1n) is 11.3. The molecular weight excluding hydrogens is 468 g/mol. The maximum absolute atomic E-state index is 12.9. The number of thioether (sulfide) groups is 1. The molecule has 2 atom stereocenters. The first-order chi connectivity index (χ1) is 17.0. The number of amides is 4. The summed E-state index contributed by atoms with van der Waals surface area (Å²) in [6.07, 6.45) is 4.87. The molecule has 1 saturated heterocycles. The van der Waals surface area contributed by atoms with Crippen LogP contribution in [0.1, 0.15) is 30.3 Å². The van der Waals surface area contributed by atoms with Gasteiger partial charge in [-0.2, -0.15) is 11.8 Å². The van der Waals surface area contributed by atoms with Crippen LogP contribution in [0, 0.1) is 0 Å². The number of rotatable bonds is 11. The summed E-state index contributed by atoms with van der Waals surface area (Å²) in [7, 11) is 1.60. The van der Waals surface area contributed by atoms with Gasteiger partial charge in [-0.1, -0.05) is 18.2 Å². The summed E-state index contributed by atoms with van der Waals surface area (Å²) in [5, 5.41) is 14.1. The molecule has 0 saturated carbocycles. The van der Waals surface area contributed by atoms with Gasteiger partial charge in [-0.05, 0) is 54.7 Å². The molecule has 3 aromatic rings. The maximum Gasteiger partial charge on any atom is 0.324 e. The third kappa shape index (κ3) is 5.73. The quantitative estimate of drug-likeness (QED) is 0.391. The largest absolute Gasteiger partial charge is 0.497 e. The highest BCUT2D eigenvalue weighted by Crippen LogP contribution is 2.19. The Morgan fingerprint density at radius 2 is 2.00 bits per heavy atom. The molecule has 4 amide bonds. The van der Waals surface area contributed by atoms with E-state index in [0.717, 1.165) is 17.1 Å². The Balaban J connectivity index is 1.37. The van der Waals surface area contributed by atoms with E-state index in [2.05, 4.69) is 20.8 Å². The molecule has 0 aliphatic carbocycles. The van der Waals surface area contributed by atoms with Crippen LogP contribution in [0.4, 0.5) is 4.79 Å². The number of nitrogens with zero attached hydrogens (tertiary/aromatic N) is 4. The average molecular weight is 497 g/mol. The van der Waals surface area contributed by atoms with Crippen molar-refractivity contribution in [3.05, 3.63) is 60.0 Å². The molecule has 1 aromatic carbocycles. The lowest BCUT2D eigenvalue weighted by Crippen LogP contribution is -2.38. The van der Waals surface area contributed by atoms with E-state index in [4.69, 9.17) is 4.74 Å². The van der Waals surface area contributed by atoms with E-state index < -0.39 is 18.0 Å². The van der Waals surface area contributed by atoms with Gasteiger partial charge in [0.2, 0.25) is 5.91 Å². The van der Waals surface area contributed by atoms with E-state index in [0.29, 0.717) is 24.3 Å². The molecule has 11 heteroatoms. The fourth-order valence-electron chi connectivity index (χ4n) is 4.00. The van der Waals surface area contributed by atoms with Crippen molar-refractivity contribution < 1.29 is 19.1 Å². The molecule has 1 aliphatic rings. The summed E-state index contributed by atoms with van der Waals surface area (Å²) in [4.78, 5) is 39.3. The van der Waals surface area contributed by atoms with E-state index in [1.165, 1.54) is 4.90 Å². The Bertz CT molecular complexity index is 1200. The van der Waals surface area contributed by atoms with Crippen LogP contribution in [-0.2, 0) is 16.0 Å². The number of methoxy groups -OCH3 is 1. The zero-order valence-corrected chi connectivity index (χ0v) is 20.5. The molecule has 0 spiro atoms. The lowest BCUT2D eigenvalue weighted by Gasteiger charge is -2.18. The maximum atomic E-state index is 12.9. The highest BCUT2D eigenvalue weighted by atomic mass is 32.2. The third-order valence-corrected chi connectivity index (χ3v) is 6.52. The number of carbonyl (C=O) groups excluding carboxylic acids is 3. The minimum atomic E-state index is -0.894. The summed E-state index contributed by atoms with van der Waals surface area (Å²) in [5.41, 5.74) is 1.67. The van der Waals surface area contributed by atoms with Crippen LogP contribution in [0.3, 0.4) is 0 Å². The summed E-state index contributed by atoms with van der Waals surface area (Å²) in [6.45, 7) is 0.233. The van der Waals surface area contributed by atoms with Crippen molar-refractivity contribution in [3.8, 4) is 5.75 Å². The second-order valence-electron chi connectivity index (χ2n) is 8.18. The molecule has 0 unspecified atom stereocenters. The topological polar surface area (TPSA) is 118 Å². The van der Waals surface area contributed by atoms with Gasteiger partial charge in [0, 0.05) is 12.7 Å². The number of aromatic nitrogens is 3. The highest BCUT2D eigenvalue weighted by molar-refractivity contribution is 7.98. The molecule has 1 fully saturated rings. The number of nitrogens with one attached hydrogen (secondary N) is 2. The Morgan fingerprint density at radius 3 is 2.74 bits per heavy atom. The van der Waals surface area contributed by atoms with Gasteiger partial charge in [0.25, 0.3) is 5.91 Å². The number of hydrogen-bond donors (Lipinski definition) is 2.